The number of furan rings is 1. The molecule has 2 heterocycles. The van der Waals surface area contributed by atoms with Crippen molar-refractivity contribution in [1.29, 1.82) is 0 Å². The van der Waals surface area contributed by atoms with Gasteiger partial charge in [0.1, 0.15) is 5.76 Å². The lowest BCUT2D eigenvalue weighted by Crippen LogP contribution is -2.37. The first-order chi connectivity index (χ1) is 7.66. The Morgan fingerprint density at radius 2 is 2.44 bits per heavy atom. The van der Waals surface area contributed by atoms with Crippen LogP contribution in [0.15, 0.2) is 10.5 Å². The summed E-state index contributed by atoms with van der Waals surface area (Å²) >= 11 is 0. The lowest BCUT2D eigenvalue weighted by atomic mass is 10.2. The van der Waals surface area contributed by atoms with Crippen LogP contribution >= 0.6 is 0 Å². The summed E-state index contributed by atoms with van der Waals surface area (Å²) in [7, 11) is 0. The smallest absolute Gasteiger partial charge is 0.287 e. The first-order valence-electron chi connectivity index (χ1n) is 5.75. The summed E-state index contributed by atoms with van der Waals surface area (Å²) in [4.78, 5) is 11.8. The lowest BCUT2D eigenvalue weighted by Gasteiger charge is -2.10. The van der Waals surface area contributed by atoms with Gasteiger partial charge in [0.05, 0.1) is 0 Å². The fraction of sp³-hybridized carbons (Fsp3) is 0.583. The van der Waals surface area contributed by atoms with Gasteiger partial charge in [-0.05, 0) is 39.3 Å². The Hall–Kier alpha value is -1.29. The summed E-state index contributed by atoms with van der Waals surface area (Å²) in [6.07, 6.45) is 2.33. The molecule has 0 bridgehead atoms. The summed E-state index contributed by atoms with van der Waals surface area (Å²) in [6.45, 7) is 5.47. The molecule has 1 aliphatic rings. The third-order valence-electron chi connectivity index (χ3n) is 2.92. The highest BCUT2D eigenvalue weighted by Crippen LogP contribution is 2.13. The minimum absolute atomic E-state index is 0.112. The highest BCUT2D eigenvalue weighted by molar-refractivity contribution is 5.92. The topological polar surface area (TPSA) is 54.3 Å². The fourth-order valence-electron chi connectivity index (χ4n) is 2.09. The van der Waals surface area contributed by atoms with Crippen LogP contribution in [-0.4, -0.2) is 25.0 Å². The summed E-state index contributed by atoms with van der Waals surface area (Å²) < 4.78 is 5.36. The molecule has 0 spiro atoms. The first-order valence-corrected chi connectivity index (χ1v) is 5.75. The molecule has 1 unspecified atom stereocenters. The molecule has 88 valence electrons. The predicted molar refractivity (Wildman–Crippen MR) is 61.5 cm³/mol. The minimum atomic E-state index is -0.112. The second-order valence-corrected chi connectivity index (χ2v) is 4.37. The number of nitrogens with one attached hydrogen (secondary N) is 2. The van der Waals surface area contributed by atoms with Crippen LogP contribution in [-0.2, 0) is 0 Å². The van der Waals surface area contributed by atoms with Gasteiger partial charge in [0.15, 0.2) is 5.76 Å². The van der Waals surface area contributed by atoms with Gasteiger partial charge in [0.25, 0.3) is 5.91 Å². The molecule has 2 rings (SSSR count). The van der Waals surface area contributed by atoms with E-state index in [2.05, 4.69) is 10.6 Å². The lowest BCUT2D eigenvalue weighted by molar-refractivity contribution is 0.0920. The molecular weight excluding hydrogens is 204 g/mol. The van der Waals surface area contributed by atoms with Crippen molar-refractivity contribution in [1.82, 2.24) is 10.6 Å². The molecule has 0 aliphatic carbocycles. The molecule has 4 heteroatoms. The van der Waals surface area contributed by atoms with E-state index >= 15 is 0 Å². The normalized spacial score (nSPS) is 20.0. The van der Waals surface area contributed by atoms with Crippen LogP contribution in [0.4, 0.5) is 0 Å². The van der Waals surface area contributed by atoms with Crippen molar-refractivity contribution in [2.24, 2.45) is 0 Å². The van der Waals surface area contributed by atoms with E-state index in [0.717, 1.165) is 24.3 Å². The maximum atomic E-state index is 11.8. The Labute approximate surface area is 95.4 Å². The molecule has 1 aromatic rings. The van der Waals surface area contributed by atoms with Crippen LogP contribution in [0.3, 0.4) is 0 Å². The molecule has 1 saturated heterocycles. The minimum Gasteiger partial charge on any atom is -0.456 e. The van der Waals surface area contributed by atoms with Gasteiger partial charge in [-0.1, -0.05) is 0 Å². The molecular formula is C12H18N2O2. The molecule has 1 fully saturated rings. The number of carbonyl (C=O) groups excluding carboxylic acids is 1. The number of aryl methyl sites for hydroxylation is 2. The van der Waals surface area contributed by atoms with Gasteiger partial charge in [-0.25, -0.2) is 0 Å². The van der Waals surface area contributed by atoms with Crippen molar-refractivity contribution in [3.05, 3.63) is 23.2 Å². The molecule has 0 saturated carbocycles. The molecule has 1 atom stereocenters. The summed E-state index contributed by atoms with van der Waals surface area (Å²) in [5, 5.41) is 6.24. The zero-order valence-corrected chi connectivity index (χ0v) is 9.80. The van der Waals surface area contributed by atoms with Gasteiger partial charge in [-0.15, -0.1) is 0 Å². The SMILES string of the molecule is Cc1cc(C)c(C(=O)NCC2CCCN2)o1. The van der Waals surface area contributed by atoms with Crippen LogP contribution in [0.1, 0.15) is 34.7 Å². The van der Waals surface area contributed by atoms with Crippen LogP contribution < -0.4 is 10.6 Å². The summed E-state index contributed by atoms with van der Waals surface area (Å²) in [5.74, 6) is 1.11. The molecule has 16 heavy (non-hydrogen) atoms. The molecule has 1 aromatic heterocycles. The number of hydrogen-bond acceptors (Lipinski definition) is 3. The summed E-state index contributed by atoms with van der Waals surface area (Å²) in [6, 6.07) is 2.29. The van der Waals surface area contributed by atoms with Gasteiger partial charge >= 0.3 is 0 Å². The quantitative estimate of drug-likeness (QED) is 0.812. The Balaban J connectivity index is 1.90. The first kappa shape index (κ1) is 11.2. The molecule has 0 aromatic carbocycles. The largest absolute Gasteiger partial charge is 0.456 e. The molecule has 1 amide bonds. The average Bonchev–Trinajstić information content (AvgIpc) is 2.84. The van der Waals surface area contributed by atoms with E-state index in [0.29, 0.717) is 18.3 Å². The Bertz CT molecular complexity index is 378. The van der Waals surface area contributed by atoms with Gasteiger partial charge in [-0.3, -0.25) is 4.79 Å². The molecule has 0 radical (unpaired) electrons. The van der Waals surface area contributed by atoms with Crippen LogP contribution in [0.2, 0.25) is 0 Å². The second-order valence-electron chi connectivity index (χ2n) is 4.37. The third-order valence-corrected chi connectivity index (χ3v) is 2.92. The number of amides is 1. The van der Waals surface area contributed by atoms with Crippen LogP contribution in [0.25, 0.3) is 0 Å². The van der Waals surface area contributed by atoms with Gasteiger partial charge in [-0.2, -0.15) is 0 Å². The van der Waals surface area contributed by atoms with Crippen molar-refractivity contribution in [3.63, 3.8) is 0 Å². The van der Waals surface area contributed by atoms with E-state index in [9.17, 15) is 4.79 Å². The van der Waals surface area contributed by atoms with Crippen molar-refractivity contribution in [2.45, 2.75) is 32.7 Å². The number of carbonyl (C=O) groups is 1. The van der Waals surface area contributed by atoms with E-state index in [1.165, 1.54) is 6.42 Å². The maximum Gasteiger partial charge on any atom is 0.287 e. The zero-order valence-electron chi connectivity index (χ0n) is 9.80. The molecule has 1 aliphatic heterocycles. The van der Waals surface area contributed by atoms with Crippen molar-refractivity contribution in [2.75, 3.05) is 13.1 Å². The van der Waals surface area contributed by atoms with E-state index in [4.69, 9.17) is 4.42 Å². The van der Waals surface area contributed by atoms with Gasteiger partial charge < -0.3 is 15.1 Å². The Morgan fingerprint density at radius 1 is 1.62 bits per heavy atom. The average molecular weight is 222 g/mol. The second kappa shape index (κ2) is 4.70. The molecule has 4 nitrogen and oxygen atoms in total. The van der Waals surface area contributed by atoms with Crippen molar-refractivity contribution >= 4 is 5.91 Å². The van der Waals surface area contributed by atoms with E-state index in [1.807, 2.05) is 19.9 Å². The molecule has 2 N–H and O–H groups in total. The van der Waals surface area contributed by atoms with Crippen molar-refractivity contribution < 1.29 is 9.21 Å². The third kappa shape index (κ3) is 2.44. The number of rotatable bonds is 3. The fourth-order valence-corrected chi connectivity index (χ4v) is 2.09. The highest BCUT2D eigenvalue weighted by atomic mass is 16.3. The monoisotopic (exact) mass is 222 g/mol. The van der Waals surface area contributed by atoms with E-state index in [1.54, 1.807) is 0 Å². The van der Waals surface area contributed by atoms with E-state index < -0.39 is 0 Å². The number of hydrogen-bond donors (Lipinski definition) is 2. The van der Waals surface area contributed by atoms with Gasteiger partial charge in [0.2, 0.25) is 0 Å². The van der Waals surface area contributed by atoms with E-state index in [-0.39, 0.29) is 5.91 Å². The maximum absolute atomic E-state index is 11.8. The van der Waals surface area contributed by atoms with Crippen LogP contribution in [0, 0.1) is 13.8 Å². The standard InChI is InChI=1S/C12H18N2O2/c1-8-6-9(2)16-11(8)12(15)14-7-10-4-3-5-13-10/h6,10,13H,3-5,7H2,1-2H3,(H,14,15). The summed E-state index contributed by atoms with van der Waals surface area (Å²) in [5.41, 5.74) is 0.898. The predicted octanol–water partition coefficient (Wildman–Crippen LogP) is 1.38. The highest BCUT2D eigenvalue weighted by Gasteiger charge is 2.18. The van der Waals surface area contributed by atoms with Crippen LogP contribution in [0.5, 0.6) is 0 Å². The zero-order chi connectivity index (χ0) is 11.5. The van der Waals surface area contributed by atoms with Crippen molar-refractivity contribution in [3.8, 4) is 0 Å². The Kier molecular flexibility index (Phi) is 3.29. The van der Waals surface area contributed by atoms with Gasteiger partial charge in [0, 0.05) is 18.2 Å². The Morgan fingerprint density at radius 3 is 3.00 bits per heavy atom.